The van der Waals surface area contributed by atoms with Gasteiger partial charge in [0.25, 0.3) is 5.91 Å². The number of ether oxygens (including phenoxy) is 2. The van der Waals surface area contributed by atoms with Gasteiger partial charge in [-0.1, -0.05) is 48.0 Å². The Morgan fingerprint density at radius 1 is 1.21 bits per heavy atom. The highest BCUT2D eigenvalue weighted by Crippen LogP contribution is 2.31. The fourth-order valence-corrected chi connectivity index (χ4v) is 4.61. The van der Waals surface area contributed by atoms with Crippen LogP contribution in [-0.2, 0) is 22.5 Å². The molecular weight excluding hydrogens is 430 g/mol. The zero-order chi connectivity index (χ0) is 24.1. The number of aryl methyl sites for hydroxylation is 1. The van der Waals surface area contributed by atoms with Gasteiger partial charge >= 0.3 is 6.09 Å². The third-order valence-corrected chi connectivity index (χ3v) is 6.57. The van der Waals surface area contributed by atoms with Crippen LogP contribution in [0.25, 0.3) is 0 Å². The molecule has 0 unspecified atom stereocenters. The molecule has 1 N–H and O–H groups in total. The van der Waals surface area contributed by atoms with Crippen molar-refractivity contribution in [1.82, 2.24) is 15.1 Å². The van der Waals surface area contributed by atoms with E-state index < -0.39 is 12.2 Å². The first kappa shape index (κ1) is 23.7. The second-order valence-corrected chi connectivity index (χ2v) is 9.03. The van der Waals surface area contributed by atoms with E-state index in [0.717, 1.165) is 48.4 Å². The smallest absolute Gasteiger partial charge is 0.407 e. The first-order chi connectivity index (χ1) is 16.4. The number of benzene rings is 2. The number of alkyl carbamates (subject to hydrolysis) is 1. The maximum Gasteiger partial charge on any atom is 0.407 e. The first-order valence-electron chi connectivity index (χ1n) is 11.8. The van der Waals surface area contributed by atoms with E-state index in [1.54, 1.807) is 0 Å². The van der Waals surface area contributed by atoms with Gasteiger partial charge in [-0.25, -0.2) is 4.79 Å². The molecule has 4 rings (SSSR count). The van der Waals surface area contributed by atoms with Gasteiger partial charge in [-0.15, -0.1) is 0 Å². The number of nitrogens with zero attached hydrogens (tertiary/aromatic N) is 2. The van der Waals surface area contributed by atoms with Crippen molar-refractivity contribution in [3.05, 3.63) is 77.0 Å². The normalized spacial score (nSPS) is 17.8. The number of methoxy groups -OCH3 is 1. The van der Waals surface area contributed by atoms with Crippen LogP contribution < -0.4 is 10.1 Å². The molecule has 0 bridgehead atoms. The van der Waals surface area contributed by atoms with Crippen LogP contribution in [0.1, 0.15) is 42.5 Å². The van der Waals surface area contributed by atoms with Gasteiger partial charge in [0.2, 0.25) is 0 Å². The third kappa shape index (κ3) is 5.53. The van der Waals surface area contributed by atoms with Crippen LogP contribution in [0.15, 0.2) is 60.3 Å². The molecular formula is C27H33N3O4. The van der Waals surface area contributed by atoms with Gasteiger partial charge in [-0.3, -0.25) is 4.79 Å². The second kappa shape index (κ2) is 10.6. The quantitative estimate of drug-likeness (QED) is 0.671. The zero-order valence-corrected chi connectivity index (χ0v) is 20.1. The molecule has 2 amide bonds. The number of carbonyl (C=O) groups is 2. The van der Waals surface area contributed by atoms with Gasteiger partial charge in [-0.2, -0.15) is 0 Å². The number of hydrogen-bond donors (Lipinski definition) is 1. The van der Waals surface area contributed by atoms with Gasteiger partial charge < -0.3 is 24.6 Å². The van der Waals surface area contributed by atoms with Crippen LogP contribution in [0.3, 0.4) is 0 Å². The van der Waals surface area contributed by atoms with E-state index >= 15 is 0 Å². The van der Waals surface area contributed by atoms with Crippen molar-refractivity contribution >= 4 is 12.0 Å². The maximum atomic E-state index is 13.5. The van der Waals surface area contributed by atoms with Gasteiger partial charge in [0.05, 0.1) is 13.2 Å². The zero-order valence-electron chi connectivity index (χ0n) is 20.1. The van der Waals surface area contributed by atoms with Crippen LogP contribution in [0.5, 0.6) is 5.75 Å². The largest absolute Gasteiger partial charge is 0.480 e. The highest BCUT2D eigenvalue weighted by molar-refractivity contribution is 5.82. The molecule has 2 aromatic carbocycles. The summed E-state index contributed by atoms with van der Waals surface area (Å²) in [4.78, 5) is 29.0. The fraction of sp³-hybridized carbons (Fsp3) is 0.407. The Labute approximate surface area is 201 Å². The second-order valence-electron chi connectivity index (χ2n) is 9.03. The van der Waals surface area contributed by atoms with Crippen molar-refractivity contribution in [3.63, 3.8) is 0 Å². The van der Waals surface area contributed by atoms with E-state index in [4.69, 9.17) is 4.74 Å². The summed E-state index contributed by atoms with van der Waals surface area (Å²) in [5.41, 5.74) is 4.50. The fourth-order valence-electron chi connectivity index (χ4n) is 4.61. The number of likely N-dealkylation sites (N-methyl/N-ethyl adjacent to an activating group) is 1. The standard InChI is InChI=1S/C27H33N3O4/c1-19-13-14-30(17-19)18-23(21-7-5-4-6-8-21)29(2)26(31)25-12-10-22-15-20(9-11-24(22)34-25)16-28-27(32)33-3/h4-9,11,15,17,23,25H,10,12-14,16,18H2,1-3H3,(H,28,32)/t23-,25+/m1/s1. The molecule has 7 nitrogen and oxygen atoms in total. The lowest BCUT2D eigenvalue weighted by Gasteiger charge is -2.35. The topological polar surface area (TPSA) is 71.1 Å². The lowest BCUT2D eigenvalue weighted by molar-refractivity contribution is -0.140. The van der Waals surface area contributed by atoms with Crippen molar-refractivity contribution in [2.24, 2.45) is 0 Å². The van der Waals surface area contributed by atoms with E-state index in [-0.39, 0.29) is 11.9 Å². The van der Waals surface area contributed by atoms with E-state index in [9.17, 15) is 9.59 Å². The highest BCUT2D eigenvalue weighted by Gasteiger charge is 2.33. The molecule has 0 fully saturated rings. The molecule has 2 heterocycles. The molecule has 180 valence electrons. The maximum absolute atomic E-state index is 13.5. The molecule has 7 heteroatoms. The van der Waals surface area contributed by atoms with Crippen molar-refractivity contribution in [2.75, 3.05) is 27.2 Å². The summed E-state index contributed by atoms with van der Waals surface area (Å²) in [5, 5.41) is 2.69. The van der Waals surface area contributed by atoms with E-state index in [1.807, 2.05) is 48.3 Å². The van der Waals surface area contributed by atoms with Gasteiger partial charge in [0.1, 0.15) is 5.75 Å². The summed E-state index contributed by atoms with van der Waals surface area (Å²) < 4.78 is 10.8. The minimum atomic E-state index is -0.515. The molecule has 0 aromatic heterocycles. The summed E-state index contributed by atoms with van der Waals surface area (Å²) in [7, 11) is 3.22. The molecule has 0 saturated heterocycles. The lowest BCUT2D eigenvalue weighted by Crippen LogP contribution is -2.45. The summed E-state index contributed by atoms with van der Waals surface area (Å²) in [6.45, 7) is 4.27. The van der Waals surface area contributed by atoms with E-state index in [0.29, 0.717) is 13.0 Å². The van der Waals surface area contributed by atoms with Gasteiger partial charge in [-0.05, 0) is 55.1 Å². The van der Waals surface area contributed by atoms with Crippen LogP contribution in [0.2, 0.25) is 0 Å². The average molecular weight is 464 g/mol. The predicted molar refractivity (Wildman–Crippen MR) is 130 cm³/mol. The molecule has 2 aromatic rings. The Bertz CT molecular complexity index is 1050. The molecule has 2 aliphatic heterocycles. The minimum absolute atomic E-state index is 0.00386. The third-order valence-electron chi connectivity index (χ3n) is 6.57. The number of nitrogens with one attached hydrogen (secondary N) is 1. The summed E-state index contributed by atoms with van der Waals surface area (Å²) in [6.07, 6.45) is 3.66. The molecule has 0 saturated carbocycles. The Morgan fingerprint density at radius 3 is 2.71 bits per heavy atom. The van der Waals surface area contributed by atoms with Crippen molar-refractivity contribution in [1.29, 1.82) is 0 Å². The lowest BCUT2D eigenvalue weighted by atomic mass is 9.98. The monoisotopic (exact) mass is 463 g/mol. The molecule has 2 aliphatic rings. The number of hydrogen-bond acceptors (Lipinski definition) is 5. The Hall–Kier alpha value is -3.48. The molecule has 34 heavy (non-hydrogen) atoms. The first-order valence-corrected chi connectivity index (χ1v) is 11.8. The molecule has 2 atom stereocenters. The molecule has 0 aliphatic carbocycles. The van der Waals surface area contributed by atoms with Crippen LogP contribution in [-0.4, -0.2) is 55.2 Å². The summed E-state index contributed by atoms with van der Waals surface area (Å²) >= 11 is 0. The summed E-state index contributed by atoms with van der Waals surface area (Å²) in [6, 6.07) is 16.0. The number of carbonyl (C=O) groups excluding carboxylic acids is 2. The minimum Gasteiger partial charge on any atom is -0.480 e. The van der Waals surface area contributed by atoms with Crippen LogP contribution >= 0.6 is 0 Å². The highest BCUT2D eigenvalue weighted by atomic mass is 16.5. The van der Waals surface area contributed by atoms with Crippen molar-refractivity contribution in [3.8, 4) is 5.75 Å². The molecule has 0 spiro atoms. The van der Waals surface area contributed by atoms with Crippen molar-refractivity contribution in [2.45, 2.75) is 44.9 Å². The Balaban J connectivity index is 1.45. The van der Waals surface area contributed by atoms with Crippen LogP contribution in [0, 0.1) is 0 Å². The predicted octanol–water partition coefficient (Wildman–Crippen LogP) is 4.05. The Kier molecular flexibility index (Phi) is 7.40. The number of rotatable bonds is 7. The van der Waals surface area contributed by atoms with Gasteiger partial charge in [0, 0.05) is 26.7 Å². The number of amides is 2. The number of fused-ring (bicyclic) bond motifs is 1. The summed E-state index contributed by atoms with van der Waals surface area (Å²) in [5.74, 6) is 0.727. The van der Waals surface area contributed by atoms with E-state index in [1.165, 1.54) is 12.7 Å². The van der Waals surface area contributed by atoms with Crippen LogP contribution in [0.4, 0.5) is 4.79 Å². The van der Waals surface area contributed by atoms with Gasteiger partial charge in [0.15, 0.2) is 6.10 Å². The Morgan fingerprint density at radius 2 is 2.00 bits per heavy atom. The van der Waals surface area contributed by atoms with Crippen molar-refractivity contribution < 1.29 is 19.1 Å². The molecule has 0 radical (unpaired) electrons. The average Bonchev–Trinajstić information content (AvgIpc) is 3.29. The van der Waals surface area contributed by atoms with E-state index in [2.05, 4.69) is 40.2 Å². The SMILES string of the molecule is COC(=O)NCc1ccc2c(c1)CC[C@@H](C(=O)N(C)[C@H](CN1C=C(C)CC1)c1ccccc1)O2.